The Bertz CT molecular complexity index is 4510. The maximum absolute atomic E-state index is 5.55. The highest BCUT2D eigenvalue weighted by Gasteiger charge is 2.39. The predicted molar refractivity (Wildman–Crippen MR) is 363 cm³/mol. The van der Waals surface area contributed by atoms with Crippen LogP contribution in [0.3, 0.4) is 0 Å². The SMILES string of the molecule is COc1ccc(N(c2ccc3c(c2)C(C)(C)c2cc(/C=C/c4ccc5c(c4)C(C)(C)c4cc(/C=C/c6ccc7c(c6)C(C)(C)c6cc(N(c8ccc(OC)cc8)c8ccc9ccccc9n8)ccc6-7)ccc4-5)ccc2-3)c2ccc3ccccc3n2)cc1. The first-order valence-electron chi connectivity index (χ1n) is 30.1. The van der Waals surface area contributed by atoms with E-state index in [-0.39, 0.29) is 16.2 Å². The highest BCUT2D eigenvalue weighted by Crippen LogP contribution is 2.54. The molecular formula is C81H66N4O2. The smallest absolute Gasteiger partial charge is 0.138 e. The Hall–Kier alpha value is -10.3. The summed E-state index contributed by atoms with van der Waals surface area (Å²) in [6.07, 6.45) is 9.11. The summed E-state index contributed by atoms with van der Waals surface area (Å²) in [4.78, 5) is 14.8. The van der Waals surface area contributed by atoms with Crippen LogP contribution >= 0.6 is 0 Å². The van der Waals surface area contributed by atoms with Gasteiger partial charge in [0.1, 0.15) is 23.1 Å². The van der Waals surface area contributed by atoms with Gasteiger partial charge in [-0.15, -0.1) is 0 Å². The topological polar surface area (TPSA) is 50.7 Å². The molecule has 0 saturated carbocycles. The van der Waals surface area contributed by atoms with Gasteiger partial charge in [-0.25, -0.2) is 9.97 Å². The van der Waals surface area contributed by atoms with Crippen LogP contribution in [-0.2, 0) is 16.2 Å². The van der Waals surface area contributed by atoms with Crippen LogP contribution in [0.2, 0.25) is 0 Å². The Morgan fingerprint density at radius 1 is 0.299 bits per heavy atom. The van der Waals surface area contributed by atoms with Crippen molar-refractivity contribution < 1.29 is 9.47 Å². The van der Waals surface area contributed by atoms with E-state index >= 15 is 0 Å². The molecule has 10 aromatic carbocycles. The summed E-state index contributed by atoms with van der Waals surface area (Å²) in [5.74, 6) is 3.35. The molecule has 0 bridgehead atoms. The molecule has 87 heavy (non-hydrogen) atoms. The van der Waals surface area contributed by atoms with E-state index in [2.05, 4.69) is 270 Å². The fraction of sp³-hybridized carbons (Fsp3) is 0.136. The first kappa shape index (κ1) is 53.4. The molecule has 12 aromatic rings. The molecule has 422 valence electrons. The number of hydrogen-bond acceptors (Lipinski definition) is 6. The Kier molecular flexibility index (Phi) is 12.6. The van der Waals surface area contributed by atoms with Crippen molar-refractivity contribution in [2.24, 2.45) is 0 Å². The highest BCUT2D eigenvalue weighted by molar-refractivity contribution is 5.92. The third-order valence-electron chi connectivity index (χ3n) is 18.8. The Morgan fingerprint density at radius 3 is 0.908 bits per heavy atom. The molecule has 0 atom stereocenters. The average molecular weight is 1130 g/mol. The summed E-state index contributed by atoms with van der Waals surface area (Å²) in [5.41, 5.74) is 25.9. The third-order valence-corrected chi connectivity index (χ3v) is 18.8. The molecule has 2 aromatic heterocycles. The standard InChI is InChI=1S/C81H66N4O2/c1-79(2)69-45-51(17-19-53-23-39-65-67-41-31-59(49-73(67)80(3,4)71(65)47-53)84(57-27-33-61(86-7)34-28-57)77-43-25-55-13-9-11-15-75(55)82-77)21-37-63(69)64-38-22-52(46-70(64)79)18-20-54-24-40-66-68-42-32-60(50-74(68)81(5,6)72(66)48-54)85(58-29-35-62(87-8)36-30-58)78-44-26-56-14-10-12-16-76(56)83-78/h9-50H,1-8H3/b19-17+,20-18+. The van der Waals surface area contributed by atoms with Gasteiger partial charge in [0.2, 0.25) is 0 Å². The normalized spacial score (nSPS) is 14.4. The molecule has 0 amide bonds. The van der Waals surface area contributed by atoms with E-state index in [1.807, 2.05) is 36.4 Å². The van der Waals surface area contributed by atoms with Gasteiger partial charge in [0, 0.05) is 49.8 Å². The number of para-hydroxylation sites is 2. The molecule has 0 N–H and O–H groups in total. The minimum atomic E-state index is -0.235. The van der Waals surface area contributed by atoms with E-state index in [1.165, 1.54) is 89.0 Å². The van der Waals surface area contributed by atoms with Crippen LogP contribution in [0.5, 0.6) is 11.5 Å². The molecule has 0 fully saturated rings. The second-order valence-electron chi connectivity index (χ2n) is 25.0. The zero-order valence-electron chi connectivity index (χ0n) is 50.4. The van der Waals surface area contributed by atoms with Crippen molar-refractivity contribution >= 4 is 80.5 Å². The minimum absolute atomic E-state index is 0.177. The zero-order valence-corrected chi connectivity index (χ0v) is 50.4. The second-order valence-corrected chi connectivity index (χ2v) is 25.0. The summed E-state index contributed by atoms with van der Waals surface area (Å²) in [5, 5.41) is 2.23. The number of rotatable bonds is 12. The van der Waals surface area contributed by atoms with Gasteiger partial charge in [-0.05, 0) is 198 Å². The molecule has 0 saturated heterocycles. The maximum atomic E-state index is 5.55. The quantitative estimate of drug-likeness (QED) is 0.114. The van der Waals surface area contributed by atoms with Crippen molar-refractivity contribution in [2.75, 3.05) is 24.0 Å². The molecular weight excluding hydrogens is 1060 g/mol. The van der Waals surface area contributed by atoms with Crippen molar-refractivity contribution in [1.29, 1.82) is 0 Å². The number of nitrogens with zero attached hydrogens (tertiary/aromatic N) is 4. The Balaban J connectivity index is 0.665. The van der Waals surface area contributed by atoms with Gasteiger partial charge in [0.15, 0.2) is 0 Å². The lowest BCUT2D eigenvalue weighted by Crippen LogP contribution is -2.17. The Morgan fingerprint density at radius 2 is 0.586 bits per heavy atom. The number of anilines is 6. The van der Waals surface area contributed by atoms with Crippen molar-refractivity contribution in [3.63, 3.8) is 0 Å². The van der Waals surface area contributed by atoms with Gasteiger partial charge in [-0.1, -0.05) is 187 Å². The van der Waals surface area contributed by atoms with E-state index in [0.717, 1.165) is 67.7 Å². The molecule has 0 aliphatic heterocycles. The summed E-state index contributed by atoms with van der Waals surface area (Å²) in [6.45, 7) is 14.2. The van der Waals surface area contributed by atoms with Crippen molar-refractivity contribution in [3.8, 4) is 44.9 Å². The first-order chi connectivity index (χ1) is 42.2. The van der Waals surface area contributed by atoms with Crippen LogP contribution < -0.4 is 19.3 Å². The average Bonchev–Trinajstić information content (AvgIpc) is 2.82. The molecule has 15 rings (SSSR count). The second kappa shape index (κ2) is 20.5. The number of hydrogen-bond donors (Lipinski definition) is 0. The molecule has 0 radical (unpaired) electrons. The fourth-order valence-corrected chi connectivity index (χ4v) is 14.0. The minimum Gasteiger partial charge on any atom is -0.497 e. The van der Waals surface area contributed by atoms with E-state index < -0.39 is 0 Å². The van der Waals surface area contributed by atoms with E-state index in [9.17, 15) is 0 Å². The molecule has 2 heterocycles. The van der Waals surface area contributed by atoms with Crippen molar-refractivity contribution in [2.45, 2.75) is 57.8 Å². The van der Waals surface area contributed by atoms with Gasteiger partial charge in [0.05, 0.1) is 25.3 Å². The summed E-state index contributed by atoms with van der Waals surface area (Å²) in [7, 11) is 3.41. The monoisotopic (exact) mass is 1130 g/mol. The lowest BCUT2D eigenvalue weighted by molar-refractivity contribution is 0.414. The zero-order chi connectivity index (χ0) is 59.3. The largest absolute Gasteiger partial charge is 0.497 e. The van der Waals surface area contributed by atoms with E-state index in [0.29, 0.717) is 0 Å². The van der Waals surface area contributed by atoms with Gasteiger partial charge in [-0.2, -0.15) is 0 Å². The van der Waals surface area contributed by atoms with Crippen LogP contribution in [0.4, 0.5) is 34.4 Å². The van der Waals surface area contributed by atoms with Crippen LogP contribution in [-0.4, -0.2) is 24.2 Å². The highest BCUT2D eigenvalue weighted by atomic mass is 16.5. The summed E-state index contributed by atoms with van der Waals surface area (Å²) >= 11 is 0. The van der Waals surface area contributed by atoms with Crippen LogP contribution in [0.1, 0.15) is 97.2 Å². The summed E-state index contributed by atoms with van der Waals surface area (Å²) < 4.78 is 11.1. The Labute approximate surface area is 510 Å². The third kappa shape index (κ3) is 9.00. The number of ether oxygens (including phenoxy) is 2. The lowest BCUT2D eigenvalue weighted by atomic mass is 9.81. The predicted octanol–water partition coefficient (Wildman–Crippen LogP) is 21.0. The fourth-order valence-electron chi connectivity index (χ4n) is 14.0. The van der Waals surface area contributed by atoms with Crippen LogP contribution in [0, 0.1) is 0 Å². The van der Waals surface area contributed by atoms with E-state index in [1.54, 1.807) is 14.2 Å². The number of pyridine rings is 2. The number of benzene rings is 10. The van der Waals surface area contributed by atoms with Crippen molar-refractivity contribution in [1.82, 2.24) is 9.97 Å². The molecule has 6 nitrogen and oxygen atoms in total. The van der Waals surface area contributed by atoms with Crippen molar-refractivity contribution in [3.05, 3.63) is 286 Å². The van der Waals surface area contributed by atoms with Gasteiger partial charge in [-0.3, -0.25) is 9.80 Å². The maximum Gasteiger partial charge on any atom is 0.138 e. The van der Waals surface area contributed by atoms with Crippen LogP contribution in [0.15, 0.2) is 231 Å². The number of aromatic nitrogens is 2. The van der Waals surface area contributed by atoms with E-state index in [4.69, 9.17) is 19.4 Å². The molecule has 0 spiro atoms. The van der Waals surface area contributed by atoms with Gasteiger partial charge >= 0.3 is 0 Å². The number of fused-ring (bicyclic) bond motifs is 11. The lowest BCUT2D eigenvalue weighted by Gasteiger charge is -2.27. The van der Waals surface area contributed by atoms with Gasteiger partial charge < -0.3 is 9.47 Å². The molecule has 3 aliphatic carbocycles. The van der Waals surface area contributed by atoms with Gasteiger partial charge in [0.25, 0.3) is 0 Å². The molecule has 3 aliphatic rings. The van der Waals surface area contributed by atoms with Crippen LogP contribution in [0.25, 0.3) is 79.5 Å². The number of methoxy groups -OCH3 is 2. The molecule has 0 unspecified atom stereocenters. The first-order valence-corrected chi connectivity index (χ1v) is 30.1. The summed E-state index contributed by atoms with van der Waals surface area (Å²) in [6, 6.07) is 83.3. The molecule has 6 heteroatoms.